The van der Waals surface area contributed by atoms with Crippen LogP contribution in [0.4, 0.5) is 9.18 Å². The molecule has 9 heteroatoms. The third-order valence-electron chi connectivity index (χ3n) is 4.73. The maximum Gasteiger partial charge on any atom is 0.318 e. The van der Waals surface area contributed by atoms with E-state index in [1.165, 1.54) is 12.1 Å². The minimum atomic E-state index is -0.314. The number of nitrogens with zero attached hydrogens (tertiary/aromatic N) is 4. The smallest absolute Gasteiger partial charge is 0.318 e. The largest absolute Gasteiger partial charge is 0.340 e. The lowest BCUT2D eigenvalue weighted by Crippen LogP contribution is -2.40. The van der Waals surface area contributed by atoms with Gasteiger partial charge in [-0.3, -0.25) is 0 Å². The molecule has 0 unspecified atom stereocenters. The van der Waals surface area contributed by atoms with Crippen LogP contribution in [-0.2, 0) is 12.8 Å². The average Bonchev–Trinajstić information content (AvgIpc) is 3.39. The molecule has 0 spiro atoms. The van der Waals surface area contributed by atoms with Gasteiger partial charge in [-0.25, -0.2) is 14.2 Å². The van der Waals surface area contributed by atoms with Crippen molar-refractivity contribution in [3.63, 3.8) is 0 Å². The van der Waals surface area contributed by atoms with Crippen LogP contribution in [0.3, 0.4) is 0 Å². The molecule has 3 heterocycles. The normalized spacial score (nSPS) is 17.0. The first-order valence-electron chi connectivity index (χ1n) is 9.15. The van der Waals surface area contributed by atoms with Gasteiger partial charge in [0.05, 0.1) is 17.1 Å². The highest BCUT2D eigenvalue weighted by molar-refractivity contribution is 5.77. The molecule has 1 aliphatic rings. The molecule has 3 aromatic rings. The molecule has 1 aromatic carbocycles. The maximum atomic E-state index is 13.4. The van der Waals surface area contributed by atoms with Crippen molar-refractivity contribution >= 4 is 17.1 Å². The second kappa shape index (κ2) is 7.34. The zero-order chi connectivity index (χ0) is 18.8. The van der Waals surface area contributed by atoms with Crippen LogP contribution >= 0.6 is 0 Å². The standard InChI is InChI=1S/C18H21FN6O2/c1-2-15-23-16(27-24-15)7-8-20-18(26)25-9-3-4-14(25)17-21-12-6-5-11(19)10-13(12)22-17/h5-6,10,14H,2-4,7-9H2,1H3,(H,20,26)(H,21,22)/t14-/m0/s1. The van der Waals surface area contributed by atoms with E-state index >= 15 is 0 Å². The Morgan fingerprint density at radius 2 is 2.33 bits per heavy atom. The quantitative estimate of drug-likeness (QED) is 0.717. The lowest BCUT2D eigenvalue weighted by molar-refractivity contribution is 0.191. The molecule has 2 N–H and O–H groups in total. The number of aromatic nitrogens is 4. The van der Waals surface area contributed by atoms with Crippen LogP contribution in [0.25, 0.3) is 11.0 Å². The van der Waals surface area contributed by atoms with E-state index < -0.39 is 0 Å². The van der Waals surface area contributed by atoms with Crippen LogP contribution < -0.4 is 5.32 Å². The Morgan fingerprint density at radius 1 is 1.44 bits per heavy atom. The molecule has 27 heavy (non-hydrogen) atoms. The maximum absolute atomic E-state index is 13.4. The molecule has 2 amide bonds. The van der Waals surface area contributed by atoms with Crippen molar-refractivity contribution < 1.29 is 13.7 Å². The molecule has 2 aromatic heterocycles. The number of fused-ring (bicyclic) bond motifs is 1. The van der Waals surface area contributed by atoms with E-state index in [0.717, 1.165) is 12.8 Å². The number of likely N-dealkylation sites (tertiary alicyclic amines) is 1. The molecule has 1 saturated heterocycles. The highest BCUT2D eigenvalue weighted by Gasteiger charge is 2.32. The van der Waals surface area contributed by atoms with Gasteiger partial charge in [-0.05, 0) is 31.0 Å². The van der Waals surface area contributed by atoms with Gasteiger partial charge in [-0.15, -0.1) is 0 Å². The van der Waals surface area contributed by atoms with E-state index in [4.69, 9.17) is 4.52 Å². The Bertz CT molecular complexity index is 952. The van der Waals surface area contributed by atoms with Gasteiger partial charge in [0.15, 0.2) is 5.82 Å². The highest BCUT2D eigenvalue weighted by Crippen LogP contribution is 2.31. The van der Waals surface area contributed by atoms with E-state index in [9.17, 15) is 9.18 Å². The molecule has 0 bridgehead atoms. The number of imidazole rings is 1. The number of aryl methyl sites for hydroxylation is 1. The third-order valence-corrected chi connectivity index (χ3v) is 4.73. The molecule has 8 nitrogen and oxygen atoms in total. The van der Waals surface area contributed by atoms with Crippen molar-refractivity contribution in [3.05, 3.63) is 41.6 Å². The number of H-pyrrole nitrogens is 1. The second-order valence-corrected chi connectivity index (χ2v) is 6.57. The highest BCUT2D eigenvalue weighted by atomic mass is 19.1. The van der Waals surface area contributed by atoms with Crippen LogP contribution in [0.2, 0.25) is 0 Å². The van der Waals surface area contributed by atoms with Crippen LogP contribution in [0.1, 0.15) is 43.3 Å². The van der Waals surface area contributed by atoms with Crippen LogP contribution in [0, 0.1) is 5.82 Å². The monoisotopic (exact) mass is 372 g/mol. The summed E-state index contributed by atoms with van der Waals surface area (Å²) in [6.45, 7) is 3.03. The predicted molar refractivity (Wildman–Crippen MR) is 95.5 cm³/mol. The van der Waals surface area contributed by atoms with Gasteiger partial charge in [0, 0.05) is 25.9 Å². The number of amides is 2. The second-order valence-electron chi connectivity index (χ2n) is 6.57. The molecule has 0 radical (unpaired) electrons. The van der Waals surface area contributed by atoms with Crippen LogP contribution in [-0.4, -0.2) is 44.1 Å². The number of benzene rings is 1. The zero-order valence-corrected chi connectivity index (χ0v) is 15.0. The number of halogens is 1. The molecule has 1 atom stereocenters. The molecule has 142 valence electrons. The number of nitrogens with one attached hydrogen (secondary N) is 2. The molecular weight excluding hydrogens is 351 g/mol. The molecule has 0 aliphatic carbocycles. The zero-order valence-electron chi connectivity index (χ0n) is 15.0. The SMILES string of the molecule is CCc1noc(CCNC(=O)N2CCC[C@H]2c2nc3ccc(F)cc3[nH]2)n1. The minimum absolute atomic E-state index is 0.143. The Morgan fingerprint density at radius 3 is 3.15 bits per heavy atom. The summed E-state index contributed by atoms with van der Waals surface area (Å²) in [6, 6.07) is 4.14. The molecule has 1 aliphatic heterocycles. The van der Waals surface area contributed by atoms with Crippen molar-refractivity contribution in [1.82, 2.24) is 30.3 Å². The number of hydrogen-bond donors (Lipinski definition) is 2. The van der Waals surface area contributed by atoms with Crippen LogP contribution in [0.5, 0.6) is 0 Å². The van der Waals surface area contributed by atoms with Gasteiger partial charge in [0.2, 0.25) is 5.89 Å². The Balaban J connectivity index is 1.40. The van der Waals surface area contributed by atoms with E-state index in [2.05, 4.69) is 25.4 Å². The molecular formula is C18H21FN6O2. The number of carbonyl (C=O) groups is 1. The van der Waals surface area contributed by atoms with E-state index in [-0.39, 0.29) is 17.9 Å². The van der Waals surface area contributed by atoms with Crippen LogP contribution in [0.15, 0.2) is 22.7 Å². The Kier molecular flexibility index (Phi) is 4.74. The minimum Gasteiger partial charge on any atom is -0.340 e. The van der Waals surface area contributed by atoms with Gasteiger partial charge in [-0.2, -0.15) is 4.98 Å². The summed E-state index contributed by atoms with van der Waals surface area (Å²) >= 11 is 0. The molecule has 4 rings (SSSR count). The van der Waals surface area contributed by atoms with Gasteiger partial charge in [0.1, 0.15) is 11.6 Å². The topological polar surface area (TPSA) is 99.9 Å². The van der Waals surface area contributed by atoms with Gasteiger partial charge in [-0.1, -0.05) is 12.1 Å². The number of carbonyl (C=O) groups excluding carboxylic acids is 1. The van der Waals surface area contributed by atoms with E-state index in [0.29, 0.717) is 54.5 Å². The number of urea groups is 1. The number of aromatic amines is 1. The first-order chi connectivity index (χ1) is 13.1. The summed E-state index contributed by atoms with van der Waals surface area (Å²) in [5, 5.41) is 6.74. The average molecular weight is 372 g/mol. The molecule has 1 fully saturated rings. The number of rotatable bonds is 5. The lowest BCUT2D eigenvalue weighted by atomic mass is 10.2. The van der Waals surface area contributed by atoms with Crippen molar-refractivity contribution in [2.75, 3.05) is 13.1 Å². The van der Waals surface area contributed by atoms with Crippen molar-refractivity contribution in [3.8, 4) is 0 Å². The van der Waals surface area contributed by atoms with Crippen molar-refractivity contribution in [1.29, 1.82) is 0 Å². The summed E-state index contributed by atoms with van der Waals surface area (Å²) in [7, 11) is 0. The summed E-state index contributed by atoms with van der Waals surface area (Å²) in [6.07, 6.45) is 2.92. The van der Waals surface area contributed by atoms with Gasteiger partial charge >= 0.3 is 6.03 Å². The van der Waals surface area contributed by atoms with E-state index in [1.54, 1.807) is 11.0 Å². The summed E-state index contributed by atoms with van der Waals surface area (Å²) in [4.78, 5) is 26.3. The summed E-state index contributed by atoms with van der Waals surface area (Å²) < 4.78 is 18.5. The fourth-order valence-electron chi connectivity index (χ4n) is 3.37. The third kappa shape index (κ3) is 3.62. The lowest BCUT2D eigenvalue weighted by Gasteiger charge is -2.23. The first-order valence-corrected chi connectivity index (χ1v) is 9.15. The van der Waals surface area contributed by atoms with Gasteiger partial charge < -0.3 is 19.7 Å². The van der Waals surface area contributed by atoms with Gasteiger partial charge in [0.25, 0.3) is 0 Å². The fourth-order valence-corrected chi connectivity index (χ4v) is 3.37. The summed E-state index contributed by atoms with van der Waals surface area (Å²) in [5.41, 5.74) is 1.34. The fraction of sp³-hybridized carbons (Fsp3) is 0.444. The first kappa shape index (κ1) is 17.4. The van der Waals surface area contributed by atoms with Crippen molar-refractivity contribution in [2.45, 2.75) is 38.6 Å². The van der Waals surface area contributed by atoms with Crippen molar-refractivity contribution in [2.24, 2.45) is 0 Å². The Hall–Kier alpha value is -2.97. The number of hydrogen-bond acceptors (Lipinski definition) is 5. The Labute approximate surface area is 155 Å². The predicted octanol–water partition coefficient (Wildman–Crippen LogP) is 2.74. The summed E-state index contributed by atoms with van der Waals surface area (Å²) in [5.74, 6) is 1.56. The van der Waals surface area contributed by atoms with E-state index in [1.807, 2.05) is 6.92 Å². The molecule has 0 saturated carbocycles.